The van der Waals surface area contributed by atoms with Gasteiger partial charge in [-0.05, 0) is 23.9 Å². The number of alkyl halides is 3. The molecule has 0 spiro atoms. The van der Waals surface area contributed by atoms with Crippen molar-refractivity contribution in [2.24, 2.45) is 0 Å². The van der Waals surface area contributed by atoms with Gasteiger partial charge in [0.15, 0.2) is 0 Å². The van der Waals surface area contributed by atoms with E-state index in [4.69, 9.17) is 0 Å². The first-order chi connectivity index (χ1) is 9.89. The number of H-pyrrole nitrogens is 1. The number of rotatable bonds is 4. The van der Waals surface area contributed by atoms with E-state index in [1.165, 1.54) is 24.3 Å². The van der Waals surface area contributed by atoms with Gasteiger partial charge >= 0.3 is 5.51 Å². The molecule has 2 aromatic rings. The molecule has 1 aromatic heterocycles. The van der Waals surface area contributed by atoms with Crippen molar-refractivity contribution < 1.29 is 18.0 Å². The van der Waals surface area contributed by atoms with Crippen LogP contribution >= 0.6 is 11.8 Å². The Balaban J connectivity index is 2.17. The number of aromatic nitrogens is 3. The number of amides is 1. The third-order valence-corrected chi connectivity index (χ3v) is 3.24. The summed E-state index contributed by atoms with van der Waals surface area (Å²) >= 11 is -0.289. The van der Waals surface area contributed by atoms with Crippen LogP contribution in [-0.2, 0) is 6.42 Å². The fourth-order valence-electron chi connectivity index (χ4n) is 1.52. The molecule has 1 heterocycles. The van der Waals surface area contributed by atoms with E-state index in [1.54, 1.807) is 0 Å². The second kappa shape index (κ2) is 6.17. The molecule has 2 rings (SSSR count). The Labute approximate surface area is 122 Å². The molecule has 0 aliphatic rings. The van der Waals surface area contributed by atoms with Gasteiger partial charge in [0.2, 0.25) is 5.82 Å². The molecule has 21 heavy (non-hydrogen) atoms. The number of hydrogen-bond donors (Lipinski definition) is 2. The van der Waals surface area contributed by atoms with Crippen LogP contribution in [-0.4, -0.2) is 26.6 Å². The molecule has 5 nitrogen and oxygen atoms in total. The van der Waals surface area contributed by atoms with Crippen molar-refractivity contribution in [3.8, 4) is 0 Å². The van der Waals surface area contributed by atoms with Gasteiger partial charge < -0.3 is 5.32 Å². The van der Waals surface area contributed by atoms with Crippen molar-refractivity contribution in [2.45, 2.75) is 23.7 Å². The van der Waals surface area contributed by atoms with Gasteiger partial charge in [-0.15, -0.1) is 5.10 Å². The number of halogens is 3. The van der Waals surface area contributed by atoms with Gasteiger partial charge in [0.1, 0.15) is 5.82 Å². The van der Waals surface area contributed by atoms with Crippen molar-refractivity contribution in [2.75, 3.05) is 5.32 Å². The fourth-order valence-corrected chi connectivity index (χ4v) is 2.14. The Morgan fingerprint density at radius 3 is 2.71 bits per heavy atom. The van der Waals surface area contributed by atoms with Crippen LogP contribution in [0, 0.1) is 0 Å². The summed E-state index contributed by atoms with van der Waals surface area (Å²) in [7, 11) is 0. The van der Waals surface area contributed by atoms with Crippen LogP contribution in [0.1, 0.15) is 23.4 Å². The lowest BCUT2D eigenvalue weighted by molar-refractivity contribution is -0.0328. The quantitative estimate of drug-likeness (QED) is 0.850. The van der Waals surface area contributed by atoms with Crippen LogP contribution < -0.4 is 5.32 Å². The van der Waals surface area contributed by atoms with Crippen molar-refractivity contribution in [3.63, 3.8) is 0 Å². The van der Waals surface area contributed by atoms with E-state index in [1.807, 2.05) is 6.92 Å². The summed E-state index contributed by atoms with van der Waals surface area (Å²) in [6.07, 6.45) is 0.570. The van der Waals surface area contributed by atoms with Gasteiger partial charge in [0, 0.05) is 11.3 Å². The van der Waals surface area contributed by atoms with Gasteiger partial charge in [-0.3, -0.25) is 9.89 Å². The molecule has 0 aliphatic heterocycles. The number of benzene rings is 1. The Bertz CT molecular complexity index is 641. The zero-order valence-corrected chi connectivity index (χ0v) is 11.7. The largest absolute Gasteiger partial charge is 0.446 e. The normalized spacial score (nSPS) is 11.4. The highest BCUT2D eigenvalue weighted by Crippen LogP contribution is 2.40. The maximum absolute atomic E-state index is 12.5. The van der Waals surface area contributed by atoms with Gasteiger partial charge in [0.05, 0.1) is 5.69 Å². The number of hydrogen-bond acceptors (Lipinski definition) is 4. The SMILES string of the molecule is CCc1nc(C(=O)Nc2ccccc2SC(F)(F)F)n[nH]1. The molecule has 0 radical (unpaired) electrons. The summed E-state index contributed by atoms with van der Waals surface area (Å²) in [5, 5.41) is 8.66. The molecule has 0 atom stereocenters. The fraction of sp³-hybridized carbons (Fsp3) is 0.250. The molecule has 1 amide bonds. The van der Waals surface area contributed by atoms with Crippen molar-refractivity contribution in [1.82, 2.24) is 15.2 Å². The average molecular weight is 316 g/mol. The minimum Gasteiger partial charge on any atom is -0.318 e. The first-order valence-electron chi connectivity index (χ1n) is 5.96. The lowest BCUT2D eigenvalue weighted by atomic mass is 10.3. The van der Waals surface area contributed by atoms with E-state index < -0.39 is 11.4 Å². The molecule has 0 aliphatic carbocycles. The summed E-state index contributed by atoms with van der Waals surface area (Å²) in [5.41, 5.74) is -4.37. The maximum Gasteiger partial charge on any atom is 0.446 e. The third kappa shape index (κ3) is 4.22. The monoisotopic (exact) mass is 316 g/mol. The van der Waals surface area contributed by atoms with Crippen LogP contribution in [0.3, 0.4) is 0 Å². The van der Waals surface area contributed by atoms with Gasteiger partial charge in [0.25, 0.3) is 5.91 Å². The number of aromatic amines is 1. The standard InChI is InChI=1S/C12H11F3N4OS/c1-2-9-17-10(19-18-9)11(20)16-7-5-3-4-6-8(7)21-12(13,14)15/h3-6H,2H2,1H3,(H,16,20)(H,17,18,19). The zero-order chi connectivity index (χ0) is 15.5. The van der Waals surface area contributed by atoms with Crippen LogP contribution in [0.4, 0.5) is 18.9 Å². The van der Waals surface area contributed by atoms with Crippen molar-refractivity contribution >= 4 is 23.4 Å². The van der Waals surface area contributed by atoms with E-state index in [-0.39, 0.29) is 28.2 Å². The highest BCUT2D eigenvalue weighted by Gasteiger charge is 2.30. The predicted molar refractivity (Wildman–Crippen MR) is 72.1 cm³/mol. The highest BCUT2D eigenvalue weighted by molar-refractivity contribution is 8.00. The Hall–Kier alpha value is -2.03. The number of nitrogens with zero attached hydrogens (tertiary/aromatic N) is 2. The second-order valence-electron chi connectivity index (χ2n) is 3.96. The summed E-state index contributed by atoms with van der Waals surface area (Å²) < 4.78 is 37.4. The summed E-state index contributed by atoms with van der Waals surface area (Å²) in [6.45, 7) is 1.83. The molecule has 2 N–H and O–H groups in total. The predicted octanol–water partition coefficient (Wildman–Crippen LogP) is 3.23. The van der Waals surface area contributed by atoms with Gasteiger partial charge in [-0.1, -0.05) is 19.1 Å². The van der Waals surface area contributed by atoms with Crippen molar-refractivity contribution in [1.29, 1.82) is 0 Å². The molecular formula is C12H11F3N4OS. The first kappa shape index (κ1) is 15.4. The Morgan fingerprint density at radius 1 is 1.38 bits per heavy atom. The topological polar surface area (TPSA) is 70.7 Å². The second-order valence-corrected chi connectivity index (χ2v) is 5.06. The molecule has 9 heteroatoms. The number of nitrogens with one attached hydrogen (secondary N) is 2. The lowest BCUT2D eigenvalue weighted by Gasteiger charge is -2.11. The van der Waals surface area contributed by atoms with Crippen LogP contribution in [0.5, 0.6) is 0 Å². The Kier molecular flexibility index (Phi) is 4.51. The van der Waals surface area contributed by atoms with Crippen molar-refractivity contribution in [3.05, 3.63) is 35.9 Å². The van der Waals surface area contributed by atoms with Gasteiger partial charge in [-0.2, -0.15) is 13.2 Å². The highest BCUT2D eigenvalue weighted by atomic mass is 32.2. The number of anilines is 1. The smallest absolute Gasteiger partial charge is 0.318 e. The minimum atomic E-state index is -4.43. The van der Waals surface area contributed by atoms with Crippen LogP contribution in [0.2, 0.25) is 0 Å². The maximum atomic E-state index is 12.5. The third-order valence-electron chi connectivity index (χ3n) is 2.43. The van der Waals surface area contributed by atoms with E-state index >= 15 is 0 Å². The summed E-state index contributed by atoms with van der Waals surface area (Å²) in [4.78, 5) is 15.7. The van der Waals surface area contributed by atoms with E-state index in [0.717, 1.165) is 0 Å². The van der Waals surface area contributed by atoms with Crippen LogP contribution in [0.15, 0.2) is 29.2 Å². The van der Waals surface area contributed by atoms with Crippen LogP contribution in [0.25, 0.3) is 0 Å². The molecule has 0 saturated heterocycles. The van der Waals surface area contributed by atoms with E-state index in [0.29, 0.717) is 12.2 Å². The number of carbonyl (C=O) groups is 1. The first-order valence-corrected chi connectivity index (χ1v) is 6.78. The molecule has 112 valence electrons. The van der Waals surface area contributed by atoms with E-state index in [2.05, 4.69) is 20.5 Å². The minimum absolute atomic E-state index is 0.0627. The molecule has 0 fully saturated rings. The number of para-hydroxylation sites is 1. The van der Waals surface area contributed by atoms with E-state index in [9.17, 15) is 18.0 Å². The molecule has 0 unspecified atom stereocenters. The number of aryl methyl sites for hydroxylation is 1. The lowest BCUT2D eigenvalue weighted by Crippen LogP contribution is -2.15. The summed E-state index contributed by atoms with van der Waals surface area (Å²) in [5.74, 6) is -0.252. The average Bonchev–Trinajstić information content (AvgIpc) is 2.88. The Morgan fingerprint density at radius 2 is 2.10 bits per heavy atom. The molecular weight excluding hydrogens is 305 g/mol. The number of carbonyl (C=O) groups excluding carboxylic acids is 1. The zero-order valence-electron chi connectivity index (χ0n) is 10.9. The summed E-state index contributed by atoms with van der Waals surface area (Å²) in [6, 6.07) is 5.67. The van der Waals surface area contributed by atoms with Gasteiger partial charge in [-0.25, -0.2) is 4.98 Å². The molecule has 1 aromatic carbocycles. The number of thioether (sulfide) groups is 1. The molecule has 0 bridgehead atoms. The molecule has 0 saturated carbocycles.